The van der Waals surface area contributed by atoms with Crippen molar-refractivity contribution in [2.75, 3.05) is 27.2 Å². The number of likely N-dealkylation sites (tertiary alicyclic amines) is 2. The normalized spacial score (nSPS) is 17.8. The lowest BCUT2D eigenvalue weighted by atomic mass is 10.0. The maximum absolute atomic E-state index is 14.0. The van der Waals surface area contributed by atoms with Crippen LogP contribution in [0.15, 0.2) is 61.1 Å². The number of alkyl halides is 3. The largest absolute Gasteiger partial charge is 0.491 e. The van der Waals surface area contributed by atoms with Gasteiger partial charge in [-0.1, -0.05) is 44.2 Å². The van der Waals surface area contributed by atoms with E-state index in [0.29, 0.717) is 66.4 Å². The van der Waals surface area contributed by atoms with Gasteiger partial charge >= 0.3 is 24.3 Å². The van der Waals surface area contributed by atoms with Gasteiger partial charge in [0.05, 0.1) is 71.4 Å². The average molecular weight is 945 g/mol. The topological polar surface area (TPSA) is 218 Å². The van der Waals surface area contributed by atoms with Gasteiger partial charge in [0.15, 0.2) is 0 Å². The van der Waals surface area contributed by atoms with Crippen LogP contribution in [-0.2, 0) is 28.6 Å². The molecule has 362 valence electrons. The van der Waals surface area contributed by atoms with Crippen LogP contribution in [0.3, 0.4) is 0 Å². The summed E-state index contributed by atoms with van der Waals surface area (Å²) in [6.45, 7) is 11.5. The van der Waals surface area contributed by atoms with Crippen LogP contribution in [0.2, 0.25) is 0 Å². The second kappa shape index (κ2) is 19.7. The molecule has 0 aliphatic carbocycles. The fraction of sp³-hybridized carbons (Fsp3) is 0.468. The highest BCUT2D eigenvalue weighted by Crippen LogP contribution is 2.36. The molecule has 5 aromatic rings. The van der Waals surface area contributed by atoms with Gasteiger partial charge in [0, 0.05) is 43.0 Å². The first-order chi connectivity index (χ1) is 32.1. The standard InChI is InChI=1S/C47H55F3N10O8/c1-25(2)38(58(7)45(65)67-43(63)47(48,49)50)42(62)60-20-10-12-36(60)40-52-23-33(55-40)28-15-13-27(14-16-28)32-22-51-31-21-29(17-18-30(31)54-32)34-24-53-39(56-34)35-11-9-19-59(35)41(61)37(57-44(64)66-8)26(3)68-46(4,5)6/h13-18,21-26,35-38H,9-12,19-20H2,1-8H3,(H,52,55)(H,53,56)(H,57,64)/t26-,35+,36+,37-,38+/m1/s1. The number of nitrogens with zero attached hydrogens (tertiary/aromatic N) is 7. The molecule has 0 unspecified atom stereocenters. The van der Waals surface area contributed by atoms with E-state index in [0.717, 1.165) is 40.8 Å². The minimum Gasteiger partial charge on any atom is -0.453 e. The number of halogens is 3. The summed E-state index contributed by atoms with van der Waals surface area (Å²) in [6.07, 6.45) is -0.539. The third-order valence-corrected chi connectivity index (χ3v) is 12.0. The number of imidazole rings is 2. The first kappa shape index (κ1) is 49.0. The van der Waals surface area contributed by atoms with E-state index in [1.807, 2.05) is 63.2 Å². The van der Waals surface area contributed by atoms with Crippen molar-refractivity contribution in [1.82, 2.24) is 49.9 Å². The van der Waals surface area contributed by atoms with Gasteiger partial charge < -0.3 is 39.3 Å². The van der Waals surface area contributed by atoms with E-state index in [9.17, 15) is 37.1 Å². The van der Waals surface area contributed by atoms with Crippen molar-refractivity contribution in [1.29, 1.82) is 0 Å². The van der Waals surface area contributed by atoms with E-state index in [-0.39, 0.29) is 11.9 Å². The molecule has 21 heteroatoms. The zero-order valence-corrected chi connectivity index (χ0v) is 39.0. The summed E-state index contributed by atoms with van der Waals surface area (Å²) in [6, 6.07) is 10.3. The molecule has 3 aromatic heterocycles. The third-order valence-electron chi connectivity index (χ3n) is 12.0. The van der Waals surface area contributed by atoms with Crippen LogP contribution < -0.4 is 5.32 Å². The number of hydrogen-bond donors (Lipinski definition) is 3. The molecule has 3 N–H and O–H groups in total. The van der Waals surface area contributed by atoms with Crippen LogP contribution in [0.1, 0.15) is 91.0 Å². The quantitative estimate of drug-likeness (QED) is 0.0818. The number of nitrogens with one attached hydrogen (secondary N) is 3. The van der Waals surface area contributed by atoms with E-state index in [1.165, 1.54) is 7.11 Å². The lowest BCUT2D eigenvalue weighted by Gasteiger charge is -2.34. The Bertz CT molecular complexity index is 2660. The maximum atomic E-state index is 14.0. The lowest BCUT2D eigenvalue weighted by Crippen LogP contribution is -2.55. The fourth-order valence-electron chi connectivity index (χ4n) is 8.83. The number of benzene rings is 2. The van der Waals surface area contributed by atoms with Crippen LogP contribution >= 0.6 is 0 Å². The smallest absolute Gasteiger partial charge is 0.453 e. The van der Waals surface area contributed by atoms with Crippen molar-refractivity contribution in [2.24, 2.45) is 5.92 Å². The molecule has 0 bridgehead atoms. The summed E-state index contributed by atoms with van der Waals surface area (Å²) in [7, 11) is 2.37. The van der Waals surface area contributed by atoms with Gasteiger partial charge in [0.25, 0.3) is 0 Å². The minimum atomic E-state index is -5.37. The monoisotopic (exact) mass is 944 g/mol. The molecule has 2 saturated heterocycles. The Balaban J connectivity index is 1.01. The molecular formula is C47H55F3N10O8. The molecule has 5 atom stereocenters. The number of esters is 1. The third kappa shape index (κ3) is 10.8. The van der Waals surface area contributed by atoms with Gasteiger partial charge in [0.2, 0.25) is 11.8 Å². The number of aromatic amines is 2. The van der Waals surface area contributed by atoms with Crippen LogP contribution in [-0.4, -0.2) is 132 Å². The predicted octanol–water partition coefficient (Wildman–Crippen LogP) is 7.51. The van der Waals surface area contributed by atoms with Gasteiger partial charge in [-0.25, -0.2) is 29.3 Å². The number of carbonyl (C=O) groups excluding carboxylic acids is 5. The molecule has 4 amide bonds. The van der Waals surface area contributed by atoms with Crippen LogP contribution in [0.5, 0.6) is 0 Å². The zero-order valence-electron chi connectivity index (χ0n) is 39.0. The SMILES string of the molecule is COC(=O)N[C@@H](C(=O)N1CCC[C@H]1c1ncc(-c2ccc3nc(-c4ccc(-c5c[nH]c([C@@H]6CCCN6C(=O)[C@H](C(C)C)N(C)C(=O)OC(=O)C(F)(F)F)n5)cc4)cnc3c2)[nH]1)[C@@H](C)OC(C)(C)C. The summed E-state index contributed by atoms with van der Waals surface area (Å²) in [4.78, 5) is 93.6. The molecule has 7 rings (SSSR count). The van der Waals surface area contributed by atoms with E-state index >= 15 is 0 Å². The van der Waals surface area contributed by atoms with Crippen LogP contribution in [0.4, 0.5) is 22.8 Å². The number of alkyl carbamates (subject to hydrolysis) is 1. The first-order valence-corrected chi connectivity index (χ1v) is 22.3. The number of amides is 4. The fourth-order valence-corrected chi connectivity index (χ4v) is 8.83. The number of carbonyl (C=O) groups is 5. The number of likely N-dealkylation sites (N-methyl/N-ethyl adjacent to an activating group) is 1. The Hall–Kier alpha value is -6.90. The van der Waals surface area contributed by atoms with Crippen LogP contribution in [0.25, 0.3) is 44.8 Å². The highest BCUT2D eigenvalue weighted by Gasteiger charge is 2.46. The molecular weight excluding hydrogens is 890 g/mol. The molecule has 0 saturated carbocycles. The molecule has 0 radical (unpaired) electrons. The van der Waals surface area contributed by atoms with Crippen molar-refractivity contribution in [3.8, 4) is 33.8 Å². The van der Waals surface area contributed by atoms with Crippen molar-refractivity contribution in [2.45, 2.75) is 109 Å². The van der Waals surface area contributed by atoms with Crippen molar-refractivity contribution < 1.29 is 51.4 Å². The van der Waals surface area contributed by atoms with Gasteiger partial charge in [0.1, 0.15) is 23.7 Å². The first-order valence-electron chi connectivity index (χ1n) is 22.3. The molecule has 2 fully saturated rings. The van der Waals surface area contributed by atoms with Gasteiger partial charge in [-0.3, -0.25) is 19.5 Å². The summed E-state index contributed by atoms with van der Waals surface area (Å²) in [5.41, 5.74) is 5.20. The van der Waals surface area contributed by atoms with E-state index in [2.05, 4.69) is 25.0 Å². The molecule has 2 aliphatic rings. The molecule has 2 aromatic carbocycles. The predicted molar refractivity (Wildman–Crippen MR) is 241 cm³/mol. The number of hydrogen-bond acceptors (Lipinski definition) is 12. The Morgan fingerprint density at radius 2 is 1.43 bits per heavy atom. The second-order valence-corrected chi connectivity index (χ2v) is 18.3. The Morgan fingerprint density at radius 1 is 0.809 bits per heavy atom. The number of methoxy groups -OCH3 is 1. The average Bonchev–Trinajstić information content (AvgIpc) is 4.14. The van der Waals surface area contributed by atoms with E-state index < -0.39 is 66.0 Å². The second-order valence-electron chi connectivity index (χ2n) is 18.3. The highest BCUT2D eigenvalue weighted by atomic mass is 19.4. The van der Waals surface area contributed by atoms with Gasteiger partial charge in [-0.05, 0) is 71.4 Å². The van der Waals surface area contributed by atoms with Gasteiger partial charge in [-0.2, -0.15) is 13.2 Å². The van der Waals surface area contributed by atoms with Gasteiger partial charge in [-0.15, -0.1) is 0 Å². The molecule has 68 heavy (non-hydrogen) atoms. The van der Waals surface area contributed by atoms with E-state index in [4.69, 9.17) is 24.4 Å². The molecule has 18 nitrogen and oxygen atoms in total. The Labute approximate surface area is 390 Å². The zero-order chi connectivity index (χ0) is 49.2. The minimum absolute atomic E-state index is 0.289. The molecule has 2 aliphatic heterocycles. The van der Waals surface area contributed by atoms with Crippen molar-refractivity contribution in [3.05, 3.63) is 72.7 Å². The summed E-state index contributed by atoms with van der Waals surface area (Å²) < 4.78 is 53.2. The summed E-state index contributed by atoms with van der Waals surface area (Å²) >= 11 is 0. The number of fused-ring (bicyclic) bond motifs is 1. The van der Waals surface area contributed by atoms with Crippen molar-refractivity contribution in [3.63, 3.8) is 0 Å². The number of rotatable bonds is 12. The molecule has 0 spiro atoms. The van der Waals surface area contributed by atoms with E-state index in [1.54, 1.807) is 49.2 Å². The number of ether oxygens (including phenoxy) is 3. The summed E-state index contributed by atoms with van der Waals surface area (Å²) in [5, 5.41) is 2.67. The highest BCUT2D eigenvalue weighted by molar-refractivity contribution is 5.91. The number of H-pyrrole nitrogens is 2. The maximum Gasteiger partial charge on any atom is 0.491 e. The molecule has 5 heterocycles. The Kier molecular flexibility index (Phi) is 14.2. The van der Waals surface area contributed by atoms with Crippen LogP contribution in [0, 0.1) is 5.92 Å². The Morgan fingerprint density at radius 3 is 2.04 bits per heavy atom. The number of aromatic nitrogens is 6. The summed E-state index contributed by atoms with van der Waals surface area (Å²) in [5.74, 6) is -2.85. The van der Waals surface area contributed by atoms with Crippen molar-refractivity contribution >= 4 is 41.0 Å². The lowest BCUT2D eigenvalue weighted by molar-refractivity contribution is -0.194.